The summed E-state index contributed by atoms with van der Waals surface area (Å²) in [6.07, 6.45) is 2.05. The summed E-state index contributed by atoms with van der Waals surface area (Å²) in [5.41, 5.74) is -0.581. The molecule has 1 aromatic rings. The molecule has 1 unspecified atom stereocenters. The molecule has 0 aromatic carbocycles. The zero-order valence-corrected chi connectivity index (χ0v) is 14.8. The van der Waals surface area contributed by atoms with E-state index in [-0.39, 0.29) is 19.2 Å². The normalized spacial score (nSPS) is 17.2. The molecule has 1 aliphatic heterocycles. The van der Waals surface area contributed by atoms with Gasteiger partial charge in [0.25, 0.3) is 0 Å². The highest BCUT2D eigenvalue weighted by Gasteiger charge is 2.35. The Morgan fingerprint density at radius 2 is 2.24 bits per heavy atom. The molecule has 138 valence electrons. The number of nitrogens with zero attached hydrogens (tertiary/aromatic N) is 3. The van der Waals surface area contributed by atoms with Crippen molar-refractivity contribution in [1.82, 2.24) is 20.4 Å². The van der Waals surface area contributed by atoms with Crippen molar-refractivity contribution in [2.75, 3.05) is 13.2 Å². The first-order valence-corrected chi connectivity index (χ1v) is 8.14. The molecule has 2 heterocycles. The molecular formula is C16H24N4O5. The molecule has 1 aliphatic rings. The molecule has 1 N–H and O–H groups in total. The number of nitrogens with one attached hydrogen (secondary N) is 1. The predicted molar refractivity (Wildman–Crippen MR) is 87.6 cm³/mol. The van der Waals surface area contributed by atoms with Crippen LogP contribution in [-0.4, -0.2) is 46.0 Å². The molecule has 0 spiro atoms. The number of likely N-dealkylation sites (tertiary alicyclic amines) is 1. The van der Waals surface area contributed by atoms with Gasteiger partial charge in [-0.3, -0.25) is 4.90 Å². The van der Waals surface area contributed by atoms with Crippen LogP contribution in [0.5, 0.6) is 0 Å². The molecular weight excluding hydrogens is 328 g/mol. The lowest BCUT2D eigenvalue weighted by molar-refractivity contribution is 0.0521. The standard InChI is InChI=1S/C16H24N4O5/c1-5-9-23-15(22)20-8-6-7-11(20)13-18-12(19-25-13)10-17-14(21)24-16(2,3)4/h5,11H,1,6-10H2,2-4H3,(H,17,21). The van der Waals surface area contributed by atoms with E-state index in [0.717, 1.165) is 6.42 Å². The Bertz CT molecular complexity index is 622. The van der Waals surface area contributed by atoms with Gasteiger partial charge in [-0.15, -0.1) is 0 Å². The van der Waals surface area contributed by atoms with E-state index in [1.54, 1.807) is 25.7 Å². The average Bonchev–Trinajstić information content (AvgIpc) is 3.17. The lowest BCUT2D eigenvalue weighted by Crippen LogP contribution is -2.32. The minimum absolute atomic E-state index is 0.0754. The second kappa shape index (κ2) is 8.00. The third-order valence-electron chi connectivity index (χ3n) is 3.37. The van der Waals surface area contributed by atoms with Gasteiger partial charge in [0.1, 0.15) is 18.2 Å². The zero-order chi connectivity index (χ0) is 18.4. The second-order valence-electron chi connectivity index (χ2n) is 6.62. The fourth-order valence-corrected chi connectivity index (χ4v) is 2.40. The van der Waals surface area contributed by atoms with E-state index < -0.39 is 17.8 Å². The number of amides is 2. The highest BCUT2D eigenvalue weighted by Crippen LogP contribution is 2.31. The van der Waals surface area contributed by atoms with Crippen molar-refractivity contribution in [3.63, 3.8) is 0 Å². The smallest absolute Gasteiger partial charge is 0.410 e. The first-order chi connectivity index (χ1) is 11.8. The van der Waals surface area contributed by atoms with Gasteiger partial charge in [0, 0.05) is 6.54 Å². The van der Waals surface area contributed by atoms with Crippen molar-refractivity contribution in [2.24, 2.45) is 0 Å². The number of rotatable bonds is 5. The Morgan fingerprint density at radius 3 is 2.92 bits per heavy atom. The van der Waals surface area contributed by atoms with Crippen LogP contribution in [0.15, 0.2) is 17.2 Å². The summed E-state index contributed by atoms with van der Waals surface area (Å²) < 4.78 is 15.4. The molecule has 2 rings (SSSR count). The highest BCUT2D eigenvalue weighted by molar-refractivity contribution is 5.68. The van der Waals surface area contributed by atoms with Crippen LogP contribution in [0.3, 0.4) is 0 Å². The summed E-state index contributed by atoms with van der Waals surface area (Å²) in [7, 11) is 0. The van der Waals surface area contributed by atoms with Gasteiger partial charge >= 0.3 is 12.2 Å². The van der Waals surface area contributed by atoms with Crippen LogP contribution >= 0.6 is 0 Å². The molecule has 9 heteroatoms. The summed E-state index contributed by atoms with van der Waals surface area (Å²) >= 11 is 0. The number of hydrogen-bond acceptors (Lipinski definition) is 7. The van der Waals surface area contributed by atoms with E-state index in [9.17, 15) is 9.59 Å². The lowest BCUT2D eigenvalue weighted by atomic mass is 10.2. The first-order valence-electron chi connectivity index (χ1n) is 8.14. The van der Waals surface area contributed by atoms with Crippen molar-refractivity contribution >= 4 is 12.2 Å². The van der Waals surface area contributed by atoms with Gasteiger partial charge < -0.3 is 19.3 Å². The van der Waals surface area contributed by atoms with Crippen LogP contribution in [-0.2, 0) is 16.0 Å². The molecule has 0 radical (unpaired) electrons. The van der Waals surface area contributed by atoms with Gasteiger partial charge in [0.2, 0.25) is 5.89 Å². The van der Waals surface area contributed by atoms with Crippen molar-refractivity contribution in [3.8, 4) is 0 Å². The monoisotopic (exact) mass is 352 g/mol. The number of hydrogen-bond donors (Lipinski definition) is 1. The number of aromatic nitrogens is 2. The Kier molecular flexibility index (Phi) is 6.00. The molecule has 25 heavy (non-hydrogen) atoms. The molecule has 9 nitrogen and oxygen atoms in total. The number of carbonyl (C=O) groups excluding carboxylic acids is 2. The molecule has 1 aromatic heterocycles. The van der Waals surface area contributed by atoms with Crippen molar-refractivity contribution in [1.29, 1.82) is 0 Å². The van der Waals surface area contributed by atoms with E-state index in [1.807, 2.05) is 0 Å². The molecule has 2 amide bonds. The van der Waals surface area contributed by atoms with Crippen molar-refractivity contribution in [3.05, 3.63) is 24.4 Å². The summed E-state index contributed by atoms with van der Waals surface area (Å²) in [4.78, 5) is 29.5. The van der Waals surface area contributed by atoms with Gasteiger partial charge in [-0.05, 0) is 33.6 Å². The molecule has 0 saturated carbocycles. The Hall–Kier alpha value is -2.58. The first kappa shape index (κ1) is 18.8. The topological polar surface area (TPSA) is 107 Å². The van der Waals surface area contributed by atoms with E-state index in [2.05, 4.69) is 22.0 Å². The second-order valence-corrected chi connectivity index (χ2v) is 6.62. The molecule has 1 saturated heterocycles. The fourth-order valence-electron chi connectivity index (χ4n) is 2.40. The maximum atomic E-state index is 12.0. The maximum Gasteiger partial charge on any atom is 0.410 e. The summed E-state index contributed by atoms with van der Waals surface area (Å²) in [5, 5.41) is 6.39. The van der Waals surface area contributed by atoms with Crippen molar-refractivity contribution in [2.45, 2.75) is 51.8 Å². The lowest BCUT2D eigenvalue weighted by Gasteiger charge is -2.20. The number of ether oxygens (including phenoxy) is 2. The van der Waals surface area contributed by atoms with Gasteiger partial charge in [0.05, 0.1) is 6.54 Å². The molecule has 0 aliphatic carbocycles. The van der Waals surface area contributed by atoms with Gasteiger partial charge in [-0.2, -0.15) is 4.98 Å². The molecule has 0 bridgehead atoms. The largest absolute Gasteiger partial charge is 0.445 e. The SMILES string of the molecule is C=CCOC(=O)N1CCCC1c1nc(CNC(=O)OC(C)(C)C)no1. The Balaban J connectivity index is 1.92. The average molecular weight is 352 g/mol. The minimum Gasteiger partial charge on any atom is -0.445 e. The van der Waals surface area contributed by atoms with E-state index in [0.29, 0.717) is 24.7 Å². The van der Waals surface area contributed by atoms with Gasteiger partial charge in [-0.1, -0.05) is 17.8 Å². The van der Waals surface area contributed by atoms with Crippen LogP contribution in [0.1, 0.15) is 51.4 Å². The third-order valence-corrected chi connectivity index (χ3v) is 3.37. The van der Waals surface area contributed by atoms with Crippen LogP contribution in [0.4, 0.5) is 9.59 Å². The quantitative estimate of drug-likeness (QED) is 0.811. The van der Waals surface area contributed by atoms with E-state index in [4.69, 9.17) is 14.0 Å². The van der Waals surface area contributed by atoms with Crippen LogP contribution < -0.4 is 5.32 Å². The van der Waals surface area contributed by atoms with Crippen LogP contribution in [0.2, 0.25) is 0 Å². The fraction of sp³-hybridized carbons (Fsp3) is 0.625. The molecule has 1 fully saturated rings. The van der Waals surface area contributed by atoms with Crippen LogP contribution in [0, 0.1) is 0 Å². The van der Waals surface area contributed by atoms with E-state index in [1.165, 1.54) is 6.08 Å². The number of carbonyl (C=O) groups is 2. The third kappa shape index (κ3) is 5.47. The number of alkyl carbamates (subject to hydrolysis) is 1. The highest BCUT2D eigenvalue weighted by atomic mass is 16.6. The van der Waals surface area contributed by atoms with E-state index >= 15 is 0 Å². The molecule has 1 atom stereocenters. The minimum atomic E-state index is -0.581. The Morgan fingerprint density at radius 1 is 1.48 bits per heavy atom. The zero-order valence-electron chi connectivity index (χ0n) is 14.8. The summed E-state index contributed by atoms with van der Waals surface area (Å²) in [6, 6.07) is -0.319. The predicted octanol–water partition coefficient (Wildman–Crippen LogP) is 2.55. The van der Waals surface area contributed by atoms with Crippen LogP contribution in [0.25, 0.3) is 0 Å². The van der Waals surface area contributed by atoms with Crippen molar-refractivity contribution < 1.29 is 23.6 Å². The van der Waals surface area contributed by atoms with Gasteiger partial charge in [-0.25, -0.2) is 9.59 Å². The van der Waals surface area contributed by atoms with Gasteiger partial charge in [0.15, 0.2) is 5.82 Å². The summed E-state index contributed by atoms with van der Waals surface area (Å²) in [5.74, 6) is 0.640. The Labute approximate surface area is 146 Å². The summed E-state index contributed by atoms with van der Waals surface area (Å²) in [6.45, 7) is 9.64. The maximum absolute atomic E-state index is 12.0.